The fourth-order valence-electron chi connectivity index (χ4n) is 3.81. The molecule has 0 unspecified atom stereocenters. The molecule has 0 aliphatic heterocycles. The van der Waals surface area contributed by atoms with Gasteiger partial charge in [0.1, 0.15) is 0 Å². The second-order valence-electron chi connectivity index (χ2n) is 8.67. The Morgan fingerprint density at radius 2 is 1.67 bits per heavy atom. The van der Waals surface area contributed by atoms with Crippen molar-refractivity contribution >= 4 is 44.8 Å². The lowest BCUT2D eigenvalue weighted by Gasteiger charge is -2.17. The largest absolute Gasteiger partial charge is 0.256 e. The normalized spacial score (nSPS) is 13.4. The molecule has 3 aromatic carbocycles. The van der Waals surface area contributed by atoms with Crippen molar-refractivity contribution in [1.29, 1.82) is 0 Å². The van der Waals surface area contributed by atoms with Crippen molar-refractivity contribution in [3.8, 4) is 11.3 Å². The van der Waals surface area contributed by atoms with Crippen LogP contribution in [0.5, 0.6) is 0 Å². The highest BCUT2D eigenvalue weighted by atomic mass is 32.1. The number of aromatic nitrogens is 1. The van der Waals surface area contributed by atoms with E-state index in [1.54, 1.807) is 11.3 Å². The summed E-state index contributed by atoms with van der Waals surface area (Å²) in [4.78, 5) is 4.71. The highest BCUT2D eigenvalue weighted by molar-refractivity contribution is 7.26. The van der Waals surface area contributed by atoms with Crippen molar-refractivity contribution < 1.29 is 2.74 Å². The van der Waals surface area contributed by atoms with Crippen LogP contribution in [0.4, 0.5) is 0 Å². The van der Waals surface area contributed by atoms with Crippen molar-refractivity contribution in [1.82, 2.24) is 4.98 Å². The lowest BCUT2D eigenvalue weighted by atomic mass is 10.0. The third kappa shape index (κ3) is 3.60. The highest BCUT2D eigenvalue weighted by Gasteiger charge is 2.18. The van der Waals surface area contributed by atoms with Crippen LogP contribution < -0.4 is 5.19 Å². The lowest BCUT2D eigenvalue weighted by molar-refractivity contribution is 1.20. The van der Waals surface area contributed by atoms with Gasteiger partial charge in [0, 0.05) is 34.7 Å². The van der Waals surface area contributed by atoms with Crippen LogP contribution >= 0.6 is 11.3 Å². The maximum absolute atomic E-state index is 8.74. The van der Waals surface area contributed by atoms with Crippen LogP contribution in [0.2, 0.25) is 19.6 Å². The van der Waals surface area contributed by atoms with Crippen LogP contribution in [0, 0.1) is 0 Å². The molecule has 148 valence electrons. The number of thiophene rings is 1. The molecule has 0 bridgehead atoms. The van der Waals surface area contributed by atoms with Crippen molar-refractivity contribution in [3.05, 3.63) is 96.2 Å². The van der Waals surface area contributed by atoms with Crippen LogP contribution in [-0.4, -0.2) is 13.1 Å². The smallest absolute Gasteiger partial charge is 0.0777 e. The van der Waals surface area contributed by atoms with Gasteiger partial charge in [-0.15, -0.1) is 11.3 Å². The van der Waals surface area contributed by atoms with Crippen molar-refractivity contribution in [2.24, 2.45) is 0 Å². The van der Waals surface area contributed by atoms with E-state index in [9.17, 15) is 0 Å². The fourth-order valence-corrected chi connectivity index (χ4v) is 6.22. The standard InChI is InChI=1S/C27H25NSSi/c1-30(2,3)21-14-15-28-25(18-21)24-11-7-10-23-22-13-12-20(17-26(22)29-27(23)24)16-19-8-5-4-6-9-19/h4-15,17-18H,16H2,1-3H3/i16D2. The van der Waals surface area contributed by atoms with E-state index in [0.717, 1.165) is 16.0 Å². The number of nitrogens with zero attached hydrogens (tertiary/aromatic N) is 1. The van der Waals surface area contributed by atoms with Gasteiger partial charge >= 0.3 is 0 Å². The first-order valence-electron chi connectivity index (χ1n) is 11.2. The topological polar surface area (TPSA) is 12.9 Å². The lowest BCUT2D eigenvalue weighted by Crippen LogP contribution is -2.37. The molecule has 0 atom stereocenters. The van der Waals surface area contributed by atoms with Crippen LogP contribution in [-0.2, 0) is 6.37 Å². The molecule has 0 aliphatic carbocycles. The zero-order chi connectivity index (χ0) is 22.5. The van der Waals surface area contributed by atoms with Gasteiger partial charge in [-0.25, -0.2) is 0 Å². The molecule has 1 nitrogen and oxygen atoms in total. The van der Waals surface area contributed by atoms with Crippen molar-refractivity contribution in [3.63, 3.8) is 0 Å². The monoisotopic (exact) mass is 425 g/mol. The van der Waals surface area contributed by atoms with Crippen LogP contribution in [0.1, 0.15) is 13.9 Å². The van der Waals surface area contributed by atoms with Gasteiger partial charge in [-0.2, -0.15) is 0 Å². The number of fused-ring (bicyclic) bond motifs is 3. The average Bonchev–Trinajstić information content (AvgIpc) is 3.17. The Kier molecular flexibility index (Phi) is 4.24. The zero-order valence-corrected chi connectivity index (χ0v) is 19.3. The van der Waals surface area contributed by atoms with Crippen molar-refractivity contribution in [2.75, 3.05) is 0 Å². The Labute approximate surface area is 185 Å². The molecule has 0 N–H and O–H groups in total. The summed E-state index contributed by atoms with van der Waals surface area (Å²) in [6, 6.07) is 26.2. The number of hydrogen-bond donors (Lipinski definition) is 0. The quantitative estimate of drug-likeness (QED) is 0.276. The number of hydrogen-bond acceptors (Lipinski definition) is 2. The minimum Gasteiger partial charge on any atom is -0.256 e. The molecule has 0 saturated heterocycles. The number of pyridine rings is 1. The summed E-state index contributed by atoms with van der Waals surface area (Å²) in [7, 11) is -1.44. The predicted molar refractivity (Wildman–Crippen MR) is 135 cm³/mol. The summed E-state index contributed by atoms with van der Waals surface area (Å²) in [6.07, 6.45) is 0.392. The van der Waals surface area contributed by atoms with E-state index in [0.29, 0.717) is 11.1 Å². The van der Waals surface area contributed by atoms with E-state index in [4.69, 9.17) is 7.73 Å². The fraction of sp³-hybridized carbons (Fsp3) is 0.148. The SMILES string of the molecule is [2H]C([2H])(c1ccccc1)c1ccc2c(c1)sc1c(-c3cc([Si](C)(C)C)ccn3)cccc12. The van der Waals surface area contributed by atoms with Gasteiger partial charge in [0.2, 0.25) is 0 Å². The first-order valence-corrected chi connectivity index (χ1v) is 14.5. The zero-order valence-electron chi connectivity index (χ0n) is 19.4. The molecule has 3 heteroatoms. The molecule has 0 spiro atoms. The number of benzene rings is 3. The first-order chi connectivity index (χ1) is 15.2. The van der Waals surface area contributed by atoms with Gasteiger partial charge in [-0.1, -0.05) is 85.5 Å². The van der Waals surface area contributed by atoms with Gasteiger partial charge in [-0.05, 0) is 35.7 Å². The molecular weight excluding hydrogens is 398 g/mol. The van der Waals surface area contributed by atoms with E-state index in [2.05, 4.69) is 56.0 Å². The molecule has 0 amide bonds. The maximum Gasteiger partial charge on any atom is 0.0777 e. The van der Waals surface area contributed by atoms with E-state index in [1.807, 2.05) is 48.7 Å². The summed E-state index contributed by atoms with van der Waals surface area (Å²) in [5.41, 5.74) is 3.52. The highest BCUT2D eigenvalue weighted by Crippen LogP contribution is 2.39. The van der Waals surface area contributed by atoms with Crippen LogP contribution in [0.25, 0.3) is 31.4 Å². The minimum atomic E-state index is -1.54. The molecule has 5 aromatic rings. The second kappa shape index (κ2) is 7.49. The Morgan fingerprint density at radius 3 is 2.47 bits per heavy atom. The molecule has 2 heterocycles. The summed E-state index contributed by atoms with van der Waals surface area (Å²) in [5.74, 6) is 0. The molecule has 0 radical (unpaired) electrons. The second-order valence-corrected chi connectivity index (χ2v) is 14.8. The summed E-state index contributed by atoms with van der Waals surface area (Å²) in [6.45, 7) is 7.07. The number of rotatable bonds is 4. The van der Waals surface area contributed by atoms with Gasteiger partial charge in [0.05, 0.1) is 13.8 Å². The molecule has 30 heavy (non-hydrogen) atoms. The Balaban J connectivity index is 1.67. The van der Waals surface area contributed by atoms with Gasteiger partial charge in [0.15, 0.2) is 0 Å². The van der Waals surface area contributed by atoms with Crippen molar-refractivity contribution in [2.45, 2.75) is 26.0 Å². The van der Waals surface area contributed by atoms with E-state index >= 15 is 0 Å². The molecule has 0 aliphatic rings. The third-order valence-corrected chi connectivity index (χ3v) is 8.71. The van der Waals surface area contributed by atoms with E-state index in [1.165, 1.54) is 20.7 Å². The molecule has 2 aromatic heterocycles. The summed E-state index contributed by atoms with van der Waals surface area (Å²) in [5, 5.41) is 3.77. The average molecular weight is 426 g/mol. The first kappa shape index (κ1) is 17.0. The third-order valence-electron chi connectivity index (χ3n) is 5.46. The maximum atomic E-state index is 8.74. The van der Waals surface area contributed by atoms with Gasteiger partial charge in [-0.3, -0.25) is 4.98 Å². The molecule has 0 fully saturated rings. The summed E-state index contributed by atoms with van der Waals surface area (Å²) >= 11 is 1.73. The van der Waals surface area contributed by atoms with Crippen LogP contribution in [0.15, 0.2) is 85.1 Å². The van der Waals surface area contributed by atoms with Gasteiger partial charge < -0.3 is 0 Å². The van der Waals surface area contributed by atoms with E-state index in [-0.39, 0.29) is 0 Å². The minimum absolute atomic E-state index is 0.675. The Bertz CT molecular complexity index is 1440. The Hall–Kier alpha value is -2.75. The molecule has 0 saturated carbocycles. The molecular formula is C27H25NSSi. The molecule has 5 rings (SSSR count). The summed E-state index contributed by atoms with van der Waals surface area (Å²) < 4.78 is 19.8. The Morgan fingerprint density at radius 1 is 0.833 bits per heavy atom. The van der Waals surface area contributed by atoms with Gasteiger partial charge in [0.25, 0.3) is 0 Å². The van der Waals surface area contributed by atoms with Crippen LogP contribution in [0.3, 0.4) is 0 Å². The van der Waals surface area contributed by atoms with E-state index < -0.39 is 14.4 Å². The predicted octanol–water partition coefficient (Wildman–Crippen LogP) is 7.25.